The number of rotatable bonds is 6. The summed E-state index contributed by atoms with van der Waals surface area (Å²) < 4.78 is 13.7. The lowest BCUT2D eigenvalue weighted by Gasteiger charge is -2.35. The zero-order chi connectivity index (χ0) is 24.4. The molecule has 1 N–H and O–H groups in total. The predicted octanol–water partition coefficient (Wildman–Crippen LogP) is 5.05. The molecule has 1 saturated heterocycles. The van der Waals surface area contributed by atoms with E-state index in [0.29, 0.717) is 13.0 Å². The number of nitrogens with zero attached hydrogens (tertiary/aromatic N) is 3. The monoisotopic (exact) mass is 478 g/mol. The van der Waals surface area contributed by atoms with Gasteiger partial charge in [-0.3, -0.25) is 14.6 Å². The second-order valence-corrected chi connectivity index (χ2v) is 10.1. The van der Waals surface area contributed by atoms with Crippen molar-refractivity contribution in [1.29, 1.82) is 0 Å². The van der Waals surface area contributed by atoms with Crippen molar-refractivity contribution < 1.29 is 14.0 Å². The smallest absolute Gasteiger partial charge is 0.245 e. The average Bonchev–Trinajstić information content (AvgIpc) is 3.54. The number of carbonyl (C=O) groups is 2. The van der Waals surface area contributed by atoms with Gasteiger partial charge < -0.3 is 15.1 Å². The van der Waals surface area contributed by atoms with Crippen LogP contribution < -0.4 is 10.2 Å². The van der Waals surface area contributed by atoms with Gasteiger partial charge in [0, 0.05) is 31.4 Å². The molecule has 0 radical (unpaired) electrons. The third kappa shape index (κ3) is 4.91. The summed E-state index contributed by atoms with van der Waals surface area (Å²) >= 11 is 0. The van der Waals surface area contributed by atoms with E-state index >= 15 is 0 Å². The second kappa shape index (κ2) is 10.3. The molecule has 2 unspecified atom stereocenters. The van der Waals surface area contributed by atoms with Crippen molar-refractivity contribution >= 4 is 23.2 Å². The van der Waals surface area contributed by atoms with Crippen LogP contribution in [0.3, 0.4) is 0 Å². The second-order valence-electron chi connectivity index (χ2n) is 10.1. The van der Waals surface area contributed by atoms with Crippen LogP contribution in [-0.4, -0.2) is 40.8 Å². The van der Waals surface area contributed by atoms with E-state index in [1.807, 2.05) is 30.3 Å². The van der Waals surface area contributed by atoms with Gasteiger partial charge >= 0.3 is 0 Å². The molecule has 7 heteroatoms. The Labute approximate surface area is 206 Å². The van der Waals surface area contributed by atoms with Gasteiger partial charge in [0.05, 0.1) is 17.9 Å². The number of halogens is 1. The van der Waals surface area contributed by atoms with Crippen LogP contribution in [0, 0.1) is 11.7 Å². The fraction of sp³-hybridized carbons (Fsp3) is 0.536. The lowest BCUT2D eigenvalue weighted by atomic mass is 9.83. The van der Waals surface area contributed by atoms with E-state index in [-0.39, 0.29) is 29.6 Å². The summed E-state index contributed by atoms with van der Waals surface area (Å²) in [6.07, 6.45) is 12.1. The van der Waals surface area contributed by atoms with Crippen LogP contribution in [0.4, 0.5) is 15.8 Å². The van der Waals surface area contributed by atoms with Gasteiger partial charge in [-0.15, -0.1) is 0 Å². The number of benzene rings is 1. The summed E-state index contributed by atoms with van der Waals surface area (Å²) in [6, 6.07) is 6.58. The number of hydrogen-bond acceptors (Lipinski definition) is 4. The van der Waals surface area contributed by atoms with E-state index < -0.39 is 6.04 Å². The lowest BCUT2D eigenvalue weighted by molar-refractivity contribution is -0.139. The zero-order valence-corrected chi connectivity index (χ0v) is 20.5. The van der Waals surface area contributed by atoms with Crippen molar-refractivity contribution in [2.24, 2.45) is 5.92 Å². The molecule has 0 bridgehead atoms. The Morgan fingerprint density at radius 1 is 1.09 bits per heavy atom. The van der Waals surface area contributed by atoms with Gasteiger partial charge in [-0.2, -0.15) is 0 Å². The Bertz CT molecular complexity index is 1080. The summed E-state index contributed by atoms with van der Waals surface area (Å²) in [4.78, 5) is 34.9. The molecule has 2 amide bonds. The predicted molar refractivity (Wildman–Crippen MR) is 134 cm³/mol. The SMILES string of the molecule is CCC(=O)NC(C(=O)N1CCCC1c1cncc(N2CCc3cc(F)ccc32)c1)C1CCCCC1. The summed E-state index contributed by atoms with van der Waals surface area (Å²) in [5, 5.41) is 3.07. The number of likely N-dealkylation sites (tertiary alicyclic amines) is 1. The number of carbonyl (C=O) groups excluding carboxylic acids is 2. The first-order valence-electron chi connectivity index (χ1n) is 13.2. The molecule has 2 fully saturated rings. The van der Waals surface area contributed by atoms with Crippen molar-refractivity contribution in [3.8, 4) is 0 Å². The van der Waals surface area contributed by atoms with Gasteiger partial charge in [0.25, 0.3) is 0 Å². The highest BCUT2D eigenvalue weighted by molar-refractivity contribution is 5.88. The molecular weight excluding hydrogens is 443 g/mol. The summed E-state index contributed by atoms with van der Waals surface area (Å²) in [7, 11) is 0. The van der Waals surface area contributed by atoms with Crippen LogP contribution in [0.5, 0.6) is 0 Å². The Morgan fingerprint density at radius 2 is 1.91 bits per heavy atom. The van der Waals surface area contributed by atoms with E-state index in [0.717, 1.165) is 74.0 Å². The van der Waals surface area contributed by atoms with Crippen LogP contribution in [0.1, 0.15) is 75.5 Å². The van der Waals surface area contributed by atoms with Crippen molar-refractivity contribution in [1.82, 2.24) is 15.2 Å². The number of nitrogens with one attached hydrogen (secondary N) is 1. The first-order valence-corrected chi connectivity index (χ1v) is 13.2. The van der Waals surface area contributed by atoms with Crippen molar-refractivity contribution in [3.05, 3.63) is 53.6 Å². The summed E-state index contributed by atoms with van der Waals surface area (Å²) in [5.74, 6) is -0.00899. The molecule has 1 aliphatic carbocycles. The van der Waals surface area contributed by atoms with Crippen LogP contribution in [0.15, 0.2) is 36.7 Å². The van der Waals surface area contributed by atoms with Crippen LogP contribution in [0.2, 0.25) is 0 Å². The zero-order valence-electron chi connectivity index (χ0n) is 20.5. The molecule has 5 rings (SSSR count). The number of aromatic nitrogens is 1. The molecular formula is C28H35FN4O2. The molecule has 186 valence electrons. The maximum atomic E-state index is 13.9. The first kappa shape index (κ1) is 23.8. The van der Waals surface area contributed by atoms with Crippen LogP contribution in [-0.2, 0) is 16.0 Å². The molecule has 3 heterocycles. The summed E-state index contributed by atoms with van der Waals surface area (Å²) in [5.41, 5.74) is 4.02. The number of anilines is 2. The first-order chi connectivity index (χ1) is 17.0. The van der Waals surface area contributed by atoms with Gasteiger partial charge in [0.2, 0.25) is 11.8 Å². The van der Waals surface area contributed by atoms with Crippen molar-refractivity contribution in [3.63, 3.8) is 0 Å². The number of hydrogen-bond donors (Lipinski definition) is 1. The van der Waals surface area contributed by atoms with Crippen molar-refractivity contribution in [2.75, 3.05) is 18.0 Å². The normalized spacial score (nSPS) is 21.1. The average molecular weight is 479 g/mol. The molecule has 35 heavy (non-hydrogen) atoms. The van der Waals surface area contributed by atoms with Gasteiger partial charge in [-0.25, -0.2) is 4.39 Å². The third-order valence-electron chi connectivity index (χ3n) is 7.94. The molecule has 1 aromatic heterocycles. The Balaban J connectivity index is 1.38. The van der Waals surface area contributed by atoms with E-state index in [4.69, 9.17) is 0 Å². The molecule has 1 saturated carbocycles. The molecule has 3 aliphatic rings. The topological polar surface area (TPSA) is 65.5 Å². The molecule has 1 aromatic carbocycles. The van der Waals surface area contributed by atoms with E-state index in [1.54, 1.807) is 6.07 Å². The van der Waals surface area contributed by atoms with Gasteiger partial charge in [-0.1, -0.05) is 26.2 Å². The third-order valence-corrected chi connectivity index (χ3v) is 7.94. The molecule has 2 atom stereocenters. The fourth-order valence-electron chi connectivity index (χ4n) is 6.09. The van der Waals surface area contributed by atoms with Crippen molar-refractivity contribution in [2.45, 2.75) is 76.8 Å². The Kier molecular flexibility index (Phi) is 7.02. The standard InChI is InChI=1S/C28H35FN4O2/c1-2-26(34)31-27(19-7-4-3-5-8-19)28(35)33-13-6-9-24(33)21-16-23(18-30-17-21)32-14-12-20-15-22(29)10-11-25(20)32/h10-11,15-19,24,27H,2-9,12-14H2,1H3,(H,31,34). The highest BCUT2D eigenvalue weighted by atomic mass is 19.1. The van der Waals surface area contributed by atoms with Gasteiger partial charge in [-0.05, 0) is 73.4 Å². The number of amides is 2. The maximum Gasteiger partial charge on any atom is 0.245 e. The largest absolute Gasteiger partial charge is 0.344 e. The minimum absolute atomic E-state index is 0.0464. The molecule has 0 spiro atoms. The van der Waals surface area contributed by atoms with Crippen LogP contribution in [0.25, 0.3) is 0 Å². The van der Waals surface area contributed by atoms with E-state index in [9.17, 15) is 14.0 Å². The van der Waals surface area contributed by atoms with E-state index in [2.05, 4.69) is 21.3 Å². The molecule has 2 aliphatic heterocycles. The minimum Gasteiger partial charge on any atom is -0.344 e. The summed E-state index contributed by atoms with van der Waals surface area (Å²) in [6.45, 7) is 3.31. The highest BCUT2D eigenvalue weighted by Crippen LogP contribution is 2.39. The number of pyridine rings is 1. The van der Waals surface area contributed by atoms with Gasteiger partial charge in [0.15, 0.2) is 0 Å². The molecule has 6 nitrogen and oxygen atoms in total. The quantitative estimate of drug-likeness (QED) is 0.631. The Morgan fingerprint density at radius 3 is 2.71 bits per heavy atom. The molecule has 2 aromatic rings. The fourth-order valence-corrected chi connectivity index (χ4v) is 6.09. The minimum atomic E-state index is -0.445. The number of fused-ring (bicyclic) bond motifs is 1. The van der Waals surface area contributed by atoms with Gasteiger partial charge in [0.1, 0.15) is 11.9 Å². The van der Waals surface area contributed by atoms with E-state index in [1.165, 1.54) is 12.5 Å². The maximum absolute atomic E-state index is 13.9. The lowest BCUT2D eigenvalue weighted by Crippen LogP contribution is -2.52. The Hall–Kier alpha value is -2.96. The highest BCUT2D eigenvalue weighted by Gasteiger charge is 2.38. The van der Waals surface area contributed by atoms with Crippen LogP contribution >= 0.6 is 0 Å².